The number of ether oxygens (including phenoxy) is 2. The van der Waals surface area contributed by atoms with Gasteiger partial charge in [-0.05, 0) is 41.8 Å². The van der Waals surface area contributed by atoms with Crippen molar-refractivity contribution in [2.75, 3.05) is 13.7 Å². The Labute approximate surface area is 145 Å². The van der Waals surface area contributed by atoms with Crippen LogP contribution in [0.2, 0.25) is 0 Å². The smallest absolute Gasteiger partial charge is 0.309 e. The summed E-state index contributed by atoms with van der Waals surface area (Å²) < 4.78 is 10.3. The Morgan fingerprint density at radius 1 is 1.20 bits per heavy atom. The molecule has 3 atom stereocenters. The van der Waals surface area contributed by atoms with Gasteiger partial charge in [0.2, 0.25) is 0 Å². The van der Waals surface area contributed by atoms with Crippen LogP contribution in [0.3, 0.4) is 0 Å². The second kappa shape index (κ2) is 7.03. The van der Waals surface area contributed by atoms with Crippen LogP contribution in [0, 0.1) is 11.8 Å². The van der Waals surface area contributed by atoms with Gasteiger partial charge in [0.1, 0.15) is 5.75 Å². The molecule has 6 nitrogen and oxygen atoms in total. The topological polar surface area (TPSA) is 96.2 Å². The minimum Gasteiger partial charge on any atom is -0.508 e. The number of carbonyl (C=O) groups excluding carboxylic acids is 1. The number of carbonyl (C=O) groups is 1. The van der Waals surface area contributed by atoms with E-state index in [1.807, 2.05) is 0 Å². The SMILES string of the molecule is COc1cc(C[C@H]2C(=O)OC[C@@H]2[C@H](O)c2ccc(O)cc2)ccc1O. The Morgan fingerprint density at radius 3 is 2.60 bits per heavy atom. The standard InChI is InChI=1S/C19H20O6/c1-24-17-9-11(2-7-16(17)21)8-14-15(10-25-19(14)23)18(22)12-3-5-13(20)6-4-12/h2-7,9,14-15,18,20-22H,8,10H2,1H3/t14-,15+,18-/m1/s1. The van der Waals surface area contributed by atoms with E-state index < -0.39 is 17.9 Å². The predicted octanol–water partition coefficient (Wildman–Crippen LogP) is 2.17. The van der Waals surface area contributed by atoms with Crippen molar-refractivity contribution >= 4 is 5.97 Å². The maximum absolute atomic E-state index is 12.1. The molecule has 1 saturated heterocycles. The van der Waals surface area contributed by atoms with Gasteiger partial charge in [0.15, 0.2) is 11.5 Å². The number of aliphatic hydroxyl groups is 1. The number of rotatable bonds is 5. The molecule has 1 fully saturated rings. The largest absolute Gasteiger partial charge is 0.508 e. The number of benzene rings is 2. The van der Waals surface area contributed by atoms with Crippen molar-refractivity contribution in [2.45, 2.75) is 12.5 Å². The maximum Gasteiger partial charge on any atom is 0.309 e. The summed E-state index contributed by atoms with van der Waals surface area (Å²) in [5.74, 6) is -0.771. The lowest BCUT2D eigenvalue weighted by Gasteiger charge is -2.22. The first-order valence-corrected chi connectivity index (χ1v) is 7.99. The van der Waals surface area contributed by atoms with Gasteiger partial charge in [-0.1, -0.05) is 18.2 Å². The van der Waals surface area contributed by atoms with Gasteiger partial charge in [-0.2, -0.15) is 0 Å². The molecule has 0 aliphatic carbocycles. The number of cyclic esters (lactones) is 1. The molecule has 1 heterocycles. The minimum absolute atomic E-state index is 0.0286. The second-order valence-corrected chi connectivity index (χ2v) is 6.15. The zero-order chi connectivity index (χ0) is 18.0. The molecule has 0 amide bonds. The molecular formula is C19H20O6. The van der Waals surface area contributed by atoms with E-state index in [4.69, 9.17) is 9.47 Å². The molecule has 2 aromatic rings. The molecule has 0 bridgehead atoms. The predicted molar refractivity (Wildman–Crippen MR) is 89.4 cm³/mol. The van der Waals surface area contributed by atoms with E-state index in [1.54, 1.807) is 24.3 Å². The van der Waals surface area contributed by atoms with E-state index in [2.05, 4.69) is 0 Å². The van der Waals surface area contributed by atoms with Gasteiger partial charge in [0.05, 0.1) is 25.7 Å². The number of hydrogen-bond acceptors (Lipinski definition) is 6. The highest BCUT2D eigenvalue weighted by Crippen LogP contribution is 2.37. The van der Waals surface area contributed by atoms with Crippen molar-refractivity contribution in [1.82, 2.24) is 0 Å². The zero-order valence-corrected chi connectivity index (χ0v) is 13.8. The van der Waals surface area contributed by atoms with Crippen molar-refractivity contribution in [2.24, 2.45) is 11.8 Å². The van der Waals surface area contributed by atoms with Crippen molar-refractivity contribution in [3.63, 3.8) is 0 Å². The van der Waals surface area contributed by atoms with E-state index in [1.165, 1.54) is 25.3 Å². The summed E-state index contributed by atoms with van der Waals surface area (Å²) in [5.41, 5.74) is 1.43. The summed E-state index contributed by atoms with van der Waals surface area (Å²) in [6.45, 7) is 0.140. The number of phenolic OH excluding ortho intramolecular Hbond substituents is 2. The summed E-state index contributed by atoms with van der Waals surface area (Å²) >= 11 is 0. The van der Waals surface area contributed by atoms with Crippen LogP contribution in [-0.4, -0.2) is 35.0 Å². The molecule has 0 saturated carbocycles. The molecule has 2 aromatic carbocycles. The lowest BCUT2D eigenvalue weighted by atomic mass is 9.83. The molecule has 3 rings (SSSR count). The fourth-order valence-corrected chi connectivity index (χ4v) is 3.14. The van der Waals surface area contributed by atoms with Gasteiger partial charge in [-0.3, -0.25) is 4.79 Å². The first-order chi connectivity index (χ1) is 12.0. The fraction of sp³-hybridized carbons (Fsp3) is 0.316. The van der Waals surface area contributed by atoms with E-state index in [-0.39, 0.29) is 24.1 Å². The van der Waals surface area contributed by atoms with Crippen molar-refractivity contribution in [3.05, 3.63) is 53.6 Å². The minimum atomic E-state index is -0.879. The van der Waals surface area contributed by atoms with Crippen LogP contribution >= 0.6 is 0 Å². The average molecular weight is 344 g/mol. The van der Waals surface area contributed by atoms with Crippen LogP contribution in [0.4, 0.5) is 0 Å². The molecule has 0 unspecified atom stereocenters. The Morgan fingerprint density at radius 2 is 1.92 bits per heavy atom. The highest BCUT2D eigenvalue weighted by Gasteiger charge is 2.41. The quantitative estimate of drug-likeness (QED) is 0.720. The first-order valence-electron chi connectivity index (χ1n) is 7.99. The van der Waals surface area contributed by atoms with E-state index in [0.29, 0.717) is 17.7 Å². The normalized spacial score (nSPS) is 21.0. The van der Waals surface area contributed by atoms with Gasteiger partial charge in [-0.15, -0.1) is 0 Å². The lowest BCUT2D eigenvalue weighted by molar-refractivity contribution is -0.141. The van der Waals surface area contributed by atoms with Crippen LogP contribution in [0.15, 0.2) is 42.5 Å². The maximum atomic E-state index is 12.1. The Hall–Kier alpha value is -2.73. The summed E-state index contributed by atoms with van der Waals surface area (Å²) in [4.78, 5) is 12.1. The molecular weight excluding hydrogens is 324 g/mol. The molecule has 132 valence electrons. The van der Waals surface area contributed by atoms with Gasteiger partial charge >= 0.3 is 5.97 Å². The van der Waals surface area contributed by atoms with Crippen LogP contribution in [-0.2, 0) is 16.0 Å². The van der Waals surface area contributed by atoms with Crippen LogP contribution < -0.4 is 4.74 Å². The van der Waals surface area contributed by atoms with Crippen molar-refractivity contribution in [1.29, 1.82) is 0 Å². The summed E-state index contributed by atoms with van der Waals surface area (Å²) in [6, 6.07) is 11.1. The number of methoxy groups -OCH3 is 1. The van der Waals surface area contributed by atoms with E-state index in [0.717, 1.165) is 5.56 Å². The van der Waals surface area contributed by atoms with Crippen molar-refractivity contribution < 1.29 is 29.6 Å². The molecule has 3 N–H and O–H groups in total. The Kier molecular flexibility index (Phi) is 4.81. The third-order valence-corrected chi connectivity index (χ3v) is 4.58. The summed E-state index contributed by atoms with van der Waals surface area (Å²) in [5, 5.41) is 29.7. The number of aromatic hydroxyl groups is 2. The first kappa shape index (κ1) is 17.1. The molecule has 6 heteroatoms. The average Bonchev–Trinajstić information content (AvgIpc) is 2.97. The van der Waals surface area contributed by atoms with Gasteiger partial charge in [0.25, 0.3) is 0 Å². The lowest BCUT2D eigenvalue weighted by Crippen LogP contribution is -2.24. The highest BCUT2D eigenvalue weighted by molar-refractivity contribution is 5.75. The van der Waals surface area contributed by atoms with Gasteiger partial charge in [0, 0.05) is 5.92 Å². The Balaban J connectivity index is 1.81. The van der Waals surface area contributed by atoms with Crippen molar-refractivity contribution in [3.8, 4) is 17.2 Å². The van der Waals surface area contributed by atoms with Gasteiger partial charge < -0.3 is 24.8 Å². The van der Waals surface area contributed by atoms with E-state index in [9.17, 15) is 20.1 Å². The monoisotopic (exact) mass is 344 g/mol. The number of aliphatic hydroxyl groups excluding tert-OH is 1. The number of phenols is 2. The second-order valence-electron chi connectivity index (χ2n) is 6.15. The van der Waals surface area contributed by atoms with Crippen LogP contribution in [0.25, 0.3) is 0 Å². The molecule has 0 radical (unpaired) electrons. The van der Waals surface area contributed by atoms with Gasteiger partial charge in [-0.25, -0.2) is 0 Å². The number of esters is 1. The zero-order valence-electron chi connectivity index (χ0n) is 13.8. The molecule has 1 aliphatic heterocycles. The molecule has 0 spiro atoms. The fourth-order valence-electron chi connectivity index (χ4n) is 3.14. The summed E-state index contributed by atoms with van der Waals surface area (Å²) in [6.07, 6.45) is -0.508. The highest BCUT2D eigenvalue weighted by atomic mass is 16.5. The molecule has 25 heavy (non-hydrogen) atoms. The third-order valence-electron chi connectivity index (χ3n) is 4.58. The number of hydrogen-bond donors (Lipinski definition) is 3. The summed E-state index contributed by atoms with van der Waals surface area (Å²) in [7, 11) is 1.46. The Bertz CT molecular complexity index is 755. The molecule has 0 aromatic heterocycles. The van der Waals surface area contributed by atoms with E-state index >= 15 is 0 Å². The third kappa shape index (κ3) is 3.53. The van der Waals surface area contributed by atoms with Crippen LogP contribution in [0.1, 0.15) is 17.2 Å². The molecule has 1 aliphatic rings. The van der Waals surface area contributed by atoms with Crippen LogP contribution in [0.5, 0.6) is 17.2 Å².